The van der Waals surface area contributed by atoms with E-state index in [9.17, 15) is 14.2 Å². The highest BCUT2D eigenvalue weighted by Crippen LogP contribution is 2.43. The van der Waals surface area contributed by atoms with Gasteiger partial charge in [0, 0.05) is 18.2 Å². The fourth-order valence-corrected chi connectivity index (χ4v) is 4.69. The van der Waals surface area contributed by atoms with Crippen molar-refractivity contribution in [3.8, 4) is 0 Å². The number of aryl methyl sites for hydroxylation is 1. The van der Waals surface area contributed by atoms with Crippen LogP contribution < -0.4 is 11.2 Å². The van der Waals surface area contributed by atoms with E-state index in [0.29, 0.717) is 12.0 Å². The molecule has 28 heavy (non-hydrogen) atoms. The van der Waals surface area contributed by atoms with E-state index in [1.165, 1.54) is 10.8 Å². The van der Waals surface area contributed by atoms with Crippen molar-refractivity contribution >= 4 is 15.5 Å². The first-order valence-corrected chi connectivity index (χ1v) is 15.1. The van der Waals surface area contributed by atoms with Crippen LogP contribution in [0.5, 0.6) is 0 Å². The minimum atomic E-state index is -2.36. The summed E-state index contributed by atoms with van der Waals surface area (Å²) < 4.78 is 26.2. The van der Waals surface area contributed by atoms with Crippen LogP contribution in [-0.4, -0.2) is 43.4 Å². The highest BCUT2D eigenvalue weighted by molar-refractivity contribution is 7.65. The van der Waals surface area contributed by atoms with Gasteiger partial charge in [0.15, 0.2) is 8.32 Å². The number of aromatic nitrogens is 2. The number of nitrogens with one attached hydrogen (secondary N) is 1. The maximum Gasteiger partial charge on any atom is 0.330 e. The maximum atomic E-state index is 12.3. The molecule has 0 aliphatic carbocycles. The molecular weight excluding hydrogens is 395 g/mol. The van der Waals surface area contributed by atoms with Crippen LogP contribution in [0.3, 0.4) is 0 Å². The molecule has 0 amide bonds. The SMILES string of the molecule is Cc1cn([C@H]2CC(O[Si](C)(C)C(C)(C)C)[C@@H](/C=C/P(C)(C)=O)O2)c(=O)[nH]c1=O. The first kappa shape index (κ1) is 23.1. The third-order valence-electron chi connectivity index (χ3n) is 5.46. The van der Waals surface area contributed by atoms with E-state index in [1.807, 2.05) is 0 Å². The predicted molar refractivity (Wildman–Crippen MR) is 115 cm³/mol. The van der Waals surface area contributed by atoms with Gasteiger partial charge in [-0.15, -0.1) is 0 Å². The molecule has 0 spiro atoms. The molecular formula is C19H33N2O5PSi. The predicted octanol–water partition coefficient (Wildman–Crippen LogP) is 3.66. The molecule has 1 aromatic rings. The molecule has 1 unspecified atom stereocenters. The van der Waals surface area contributed by atoms with E-state index in [-0.39, 0.29) is 11.1 Å². The number of hydrogen-bond donors (Lipinski definition) is 1. The quantitative estimate of drug-likeness (QED) is 0.571. The van der Waals surface area contributed by atoms with Gasteiger partial charge in [-0.1, -0.05) is 20.8 Å². The maximum absolute atomic E-state index is 12.3. The van der Waals surface area contributed by atoms with Crippen LogP contribution in [0.2, 0.25) is 18.1 Å². The van der Waals surface area contributed by atoms with Gasteiger partial charge in [-0.3, -0.25) is 14.3 Å². The topological polar surface area (TPSA) is 90.4 Å². The Balaban J connectivity index is 2.38. The normalized spacial score (nSPS) is 24.2. The van der Waals surface area contributed by atoms with Gasteiger partial charge in [0.25, 0.3) is 5.56 Å². The molecule has 0 bridgehead atoms. The third kappa shape index (κ3) is 5.44. The number of nitrogens with zero attached hydrogens (tertiary/aromatic N) is 1. The molecule has 0 radical (unpaired) electrons. The molecule has 1 saturated heterocycles. The molecule has 1 aromatic heterocycles. The molecule has 1 fully saturated rings. The van der Waals surface area contributed by atoms with Gasteiger partial charge < -0.3 is 13.7 Å². The van der Waals surface area contributed by atoms with Gasteiger partial charge in [-0.2, -0.15) is 0 Å². The van der Waals surface area contributed by atoms with Gasteiger partial charge in [0.05, 0.1) is 6.10 Å². The Bertz CT molecular complexity index is 906. The summed E-state index contributed by atoms with van der Waals surface area (Å²) >= 11 is 0. The van der Waals surface area contributed by atoms with Gasteiger partial charge in [0.2, 0.25) is 0 Å². The van der Waals surface area contributed by atoms with Crippen LogP contribution in [-0.2, 0) is 13.7 Å². The van der Waals surface area contributed by atoms with Crippen molar-refractivity contribution < 1.29 is 13.7 Å². The van der Waals surface area contributed by atoms with Crippen molar-refractivity contribution in [2.24, 2.45) is 0 Å². The Morgan fingerprint density at radius 1 is 1.32 bits per heavy atom. The van der Waals surface area contributed by atoms with Crippen molar-refractivity contribution in [2.45, 2.75) is 70.7 Å². The summed E-state index contributed by atoms with van der Waals surface area (Å²) in [6, 6.07) is 0. The standard InChI is InChI=1S/C19H33N2O5PSi/c1-13-12-21(18(23)20-17(13)22)16-11-15(26-28(7,8)19(2,3)4)14(25-16)9-10-27(5,6)24/h9-10,12,14-16H,11H2,1-8H3,(H,20,22,23)/b10-9+/t14-,15?,16-/m1/s1. The zero-order valence-corrected chi connectivity index (χ0v) is 20.0. The first-order valence-electron chi connectivity index (χ1n) is 9.50. The molecule has 1 N–H and O–H groups in total. The third-order valence-corrected chi connectivity index (χ3v) is 10.9. The molecule has 3 atom stereocenters. The summed E-state index contributed by atoms with van der Waals surface area (Å²) in [7, 11) is -4.44. The van der Waals surface area contributed by atoms with E-state index in [0.717, 1.165) is 0 Å². The van der Waals surface area contributed by atoms with Crippen LogP contribution in [0.15, 0.2) is 27.7 Å². The van der Waals surface area contributed by atoms with Crippen LogP contribution >= 0.6 is 7.14 Å². The molecule has 158 valence electrons. The fraction of sp³-hybridized carbons (Fsp3) is 0.684. The Hall–Kier alpha value is -1.21. The fourth-order valence-electron chi connectivity index (χ4n) is 2.77. The van der Waals surface area contributed by atoms with Gasteiger partial charge >= 0.3 is 5.69 Å². The largest absolute Gasteiger partial charge is 0.411 e. The number of ether oxygens (including phenoxy) is 1. The zero-order chi connectivity index (χ0) is 21.5. The van der Waals surface area contributed by atoms with E-state index < -0.39 is 39.0 Å². The molecule has 9 heteroatoms. The van der Waals surface area contributed by atoms with Crippen molar-refractivity contribution in [2.75, 3.05) is 13.3 Å². The van der Waals surface area contributed by atoms with Crippen LogP contribution in [0.4, 0.5) is 0 Å². The summed E-state index contributed by atoms with van der Waals surface area (Å²) in [5, 5.41) is 0.0234. The molecule has 0 saturated carbocycles. The highest BCUT2D eigenvalue weighted by atomic mass is 31.2. The first-order chi connectivity index (χ1) is 12.6. The summed E-state index contributed by atoms with van der Waals surface area (Å²) in [6.07, 6.45) is 2.57. The number of hydrogen-bond acceptors (Lipinski definition) is 5. The lowest BCUT2D eigenvalue weighted by molar-refractivity contribution is 0.00641. The Kier molecular flexibility index (Phi) is 6.51. The number of rotatable bonds is 5. The summed E-state index contributed by atoms with van der Waals surface area (Å²) in [6.45, 7) is 15.9. The lowest BCUT2D eigenvalue weighted by atomic mass is 10.2. The second-order valence-electron chi connectivity index (χ2n) is 9.46. The molecule has 2 heterocycles. The van der Waals surface area contributed by atoms with Crippen LogP contribution in [0.25, 0.3) is 0 Å². The average Bonchev–Trinajstić information content (AvgIpc) is 2.89. The Morgan fingerprint density at radius 2 is 1.93 bits per heavy atom. The van der Waals surface area contributed by atoms with Crippen molar-refractivity contribution in [3.05, 3.63) is 44.5 Å². The van der Waals surface area contributed by atoms with Crippen LogP contribution in [0.1, 0.15) is 39.0 Å². The van der Waals surface area contributed by atoms with E-state index in [2.05, 4.69) is 38.8 Å². The Labute approximate surface area is 167 Å². The zero-order valence-electron chi connectivity index (χ0n) is 18.1. The van der Waals surface area contributed by atoms with Crippen molar-refractivity contribution in [1.29, 1.82) is 0 Å². The second-order valence-corrected chi connectivity index (χ2v) is 17.4. The molecule has 7 nitrogen and oxygen atoms in total. The smallest absolute Gasteiger partial charge is 0.330 e. The molecule has 0 aromatic carbocycles. The lowest BCUT2D eigenvalue weighted by Gasteiger charge is -2.39. The van der Waals surface area contributed by atoms with Gasteiger partial charge in [0.1, 0.15) is 19.5 Å². The Morgan fingerprint density at radius 3 is 2.46 bits per heavy atom. The second kappa shape index (κ2) is 7.90. The van der Waals surface area contributed by atoms with Crippen molar-refractivity contribution in [1.82, 2.24) is 9.55 Å². The molecule has 2 rings (SSSR count). The summed E-state index contributed by atoms with van der Waals surface area (Å²) in [5.74, 6) is 1.68. The van der Waals surface area contributed by atoms with Crippen molar-refractivity contribution in [3.63, 3.8) is 0 Å². The van der Waals surface area contributed by atoms with E-state index in [1.54, 1.807) is 32.1 Å². The monoisotopic (exact) mass is 428 g/mol. The number of H-pyrrole nitrogens is 1. The van der Waals surface area contributed by atoms with Crippen LogP contribution in [0, 0.1) is 6.92 Å². The number of aromatic amines is 1. The van der Waals surface area contributed by atoms with Gasteiger partial charge in [-0.25, -0.2) is 4.79 Å². The summed E-state index contributed by atoms with van der Waals surface area (Å²) in [5.41, 5.74) is -0.466. The average molecular weight is 429 g/mol. The lowest BCUT2D eigenvalue weighted by Crippen LogP contribution is -2.45. The van der Waals surface area contributed by atoms with Gasteiger partial charge in [-0.05, 0) is 50.3 Å². The van der Waals surface area contributed by atoms with E-state index >= 15 is 0 Å². The van der Waals surface area contributed by atoms with E-state index in [4.69, 9.17) is 9.16 Å². The molecule has 1 aliphatic heterocycles. The highest BCUT2D eigenvalue weighted by Gasteiger charge is 2.44. The minimum Gasteiger partial charge on any atom is -0.411 e. The minimum absolute atomic E-state index is 0.0234. The molecule has 1 aliphatic rings. The summed E-state index contributed by atoms with van der Waals surface area (Å²) in [4.78, 5) is 26.3.